The Labute approximate surface area is 147 Å². The fraction of sp³-hybridized carbons (Fsp3) is 0.350. The Kier molecular flexibility index (Phi) is 5.34. The molecular formula is C20H22FNO3. The predicted octanol–water partition coefficient (Wildman–Crippen LogP) is 3.44. The lowest BCUT2D eigenvalue weighted by Crippen LogP contribution is -2.27. The van der Waals surface area contributed by atoms with Crippen molar-refractivity contribution in [2.45, 2.75) is 18.9 Å². The fourth-order valence-corrected chi connectivity index (χ4v) is 3.48. The van der Waals surface area contributed by atoms with Gasteiger partial charge >= 0.3 is 5.97 Å². The molecule has 0 unspecified atom stereocenters. The normalized spacial score (nSPS) is 22.6. The van der Waals surface area contributed by atoms with Gasteiger partial charge < -0.3 is 14.8 Å². The van der Waals surface area contributed by atoms with Gasteiger partial charge in [-0.25, -0.2) is 4.39 Å². The zero-order chi connectivity index (χ0) is 17.8. The van der Waals surface area contributed by atoms with Crippen molar-refractivity contribution in [1.82, 2.24) is 5.32 Å². The summed E-state index contributed by atoms with van der Waals surface area (Å²) in [5.74, 6) is -0.344. The van der Waals surface area contributed by atoms with E-state index in [1.165, 1.54) is 12.1 Å². The summed E-state index contributed by atoms with van der Waals surface area (Å²) in [5, 5.41) is 3.40. The van der Waals surface area contributed by atoms with Crippen molar-refractivity contribution in [3.63, 3.8) is 0 Å². The number of halogens is 1. The lowest BCUT2D eigenvalue weighted by atomic mass is 9.83. The Morgan fingerprint density at radius 2 is 1.96 bits per heavy atom. The van der Waals surface area contributed by atoms with Crippen LogP contribution in [0.3, 0.4) is 0 Å². The smallest absolute Gasteiger partial charge is 0.311 e. The zero-order valence-electron chi connectivity index (χ0n) is 14.4. The fourth-order valence-electron chi connectivity index (χ4n) is 3.48. The molecular weight excluding hydrogens is 321 g/mol. The SMILES string of the molecule is CCOC(=O)[C@H]1[C@@H](c2cccc(F)c2)CN[C@H]1c1ccc(OC)cc1. The number of esters is 1. The average molecular weight is 343 g/mol. The largest absolute Gasteiger partial charge is 0.497 e. The number of hydrogen-bond acceptors (Lipinski definition) is 4. The van der Waals surface area contributed by atoms with Gasteiger partial charge in [-0.3, -0.25) is 4.79 Å². The summed E-state index contributed by atoms with van der Waals surface area (Å²) in [6.07, 6.45) is 0. The second kappa shape index (κ2) is 7.66. The van der Waals surface area contributed by atoms with Gasteiger partial charge in [-0.15, -0.1) is 0 Å². The maximum Gasteiger partial charge on any atom is 0.311 e. The van der Waals surface area contributed by atoms with E-state index in [1.807, 2.05) is 30.3 Å². The van der Waals surface area contributed by atoms with Crippen LogP contribution >= 0.6 is 0 Å². The van der Waals surface area contributed by atoms with Crippen molar-refractivity contribution < 1.29 is 18.7 Å². The highest BCUT2D eigenvalue weighted by Crippen LogP contribution is 2.41. The minimum Gasteiger partial charge on any atom is -0.497 e. The molecule has 0 saturated carbocycles. The van der Waals surface area contributed by atoms with Gasteiger partial charge in [0.25, 0.3) is 0 Å². The summed E-state index contributed by atoms with van der Waals surface area (Å²) < 4.78 is 24.2. The molecule has 0 radical (unpaired) electrons. The monoisotopic (exact) mass is 343 g/mol. The van der Waals surface area contributed by atoms with E-state index in [-0.39, 0.29) is 23.7 Å². The molecule has 2 aromatic carbocycles. The number of nitrogens with one attached hydrogen (secondary N) is 1. The topological polar surface area (TPSA) is 47.6 Å². The van der Waals surface area contributed by atoms with E-state index in [4.69, 9.17) is 9.47 Å². The molecule has 1 aliphatic rings. The number of rotatable bonds is 5. The first-order valence-corrected chi connectivity index (χ1v) is 8.43. The molecule has 1 heterocycles. The van der Waals surface area contributed by atoms with Crippen LogP contribution in [0.5, 0.6) is 5.75 Å². The minimum atomic E-state index is -0.407. The van der Waals surface area contributed by atoms with Crippen molar-refractivity contribution >= 4 is 5.97 Å². The number of methoxy groups -OCH3 is 1. The van der Waals surface area contributed by atoms with Gasteiger partial charge in [0.1, 0.15) is 11.6 Å². The highest BCUT2D eigenvalue weighted by atomic mass is 19.1. The molecule has 0 bridgehead atoms. The molecule has 0 aliphatic carbocycles. The summed E-state index contributed by atoms with van der Waals surface area (Å²) in [5.41, 5.74) is 1.79. The van der Waals surface area contributed by atoms with E-state index in [1.54, 1.807) is 20.1 Å². The molecule has 0 spiro atoms. The molecule has 25 heavy (non-hydrogen) atoms. The van der Waals surface area contributed by atoms with Crippen molar-refractivity contribution in [1.29, 1.82) is 0 Å². The minimum absolute atomic E-state index is 0.137. The molecule has 1 fully saturated rings. The number of carbonyl (C=O) groups is 1. The first-order valence-electron chi connectivity index (χ1n) is 8.43. The quantitative estimate of drug-likeness (QED) is 0.845. The van der Waals surface area contributed by atoms with Gasteiger partial charge in [0.05, 0.1) is 19.6 Å². The molecule has 3 atom stereocenters. The average Bonchev–Trinajstić information content (AvgIpc) is 3.07. The highest BCUT2D eigenvalue weighted by molar-refractivity contribution is 5.75. The van der Waals surface area contributed by atoms with Crippen LogP contribution in [0.4, 0.5) is 4.39 Å². The van der Waals surface area contributed by atoms with Crippen LogP contribution in [-0.4, -0.2) is 26.2 Å². The van der Waals surface area contributed by atoms with Gasteiger partial charge in [-0.05, 0) is 42.3 Å². The maximum absolute atomic E-state index is 13.6. The number of ether oxygens (including phenoxy) is 2. The molecule has 2 aromatic rings. The van der Waals surface area contributed by atoms with E-state index in [9.17, 15) is 9.18 Å². The molecule has 132 valence electrons. The highest BCUT2D eigenvalue weighted by Gasteiger charge is 2.43. The third-order valence-electron chi connectivity index (χ3n) is 4.66. The van der Waals surface area contributed by atoms with Crippen molar-refractivity contribution in [3.8, 4) is 5.75 Å². The van der Waals surface area contributed by atoms with Gasteiger partial charge in [-0.2, -0.15) is 0 Å². The Morgan fingerprint density at radius 3 is 2.60 bits per heavy atom. The molecule has 0 aromatic heterocycles. The summed E-state index contributed by atoms with van der Waals surface area (Å²) in [6.45, 7) is 2.70. The maximum atomic E-state index is 13.6. The Morgan fingerprint density at radius 1 is 1.20 bits per heavy atom. The Bertz CT molecular complexity index is 732. The molecule has 1 N–H and O–H groups in total. The van der Waals surface area contributed by atoms with Crippen LogP contribution < -0.4 is 10.1 Å². The Hall–Kier alpha value is -2.40. The summed E-state index contributed by atoms with van der Waals surface area (Å²) >= 11 is 0. The van der Waals surface area contributed by atoms with Crippen LogP contribution in [-0.2, 0) is 9.53 Å². The van der Waals surface area contributed by atoms with Gasteiger partial charge in [0.15, 0.2) is 0 Å². The summed E-state index contributed by atoms with van der Waals surface area (Å²) in [7, 11) is 1.62. The standard InChI is InChI=1S/C20H22FNO3/c1-3-25-20(23)18-17(14-5-4-6-15(21)11-14)12-22-19(18)13-7-9-16(24-2)10-8-13/h4-11,17-19,22H,3,12H2,1-2H3/t17-,18+,19+/m1/s1. The third kappa shape index (κ3) is 3.66. The van der Waals surface area contributed by atoms with Crippen LogP contribution in [0.25, 0.3) is 0 Å². The summed E-state index contributed by atoms with van der Waals surface area (Å²) in [6, 6.07) is 13.9. The molecule has 5 heteroatoms. The van der Waals surface area contributed by atoms with Gasteiger partial charge in [0, 0.05) is 18.5 Å². The number of hydrogen-bond donors (Lipinski definition) is 1. The number of benzene rings is 2. The zero-order valence-corrected chi connectivity index (χ0v) is 14.4. The van der Waals surface area contributed by atoms with Gasteiger partial charge in [-0.1, -0.05) is 24.3 Å². The summed E-state index contributed by atoms with van der Waals surface area (Å²) in [4.78, 5) is 12.6. The van der Waals surface area contributed by atoms with Crippen molar-refractivity contribution in [2.75, 3.05) is 20.3 Å². The predicted molar refractivity (Wildman–Crippen MR) is 93.0 cm³/mol. The van der Waals surface area contributed by atoms with E-state index in [2.05, 4.69) is 5.32 Å². The van der Waals surface area contributed by atoms with Crippen LogP contribution in [0.2, 0.25) is 0 Å². The molecule has 1 aliphatic heterocycles. The Balaban J connectivity index is 1.93. The van der Waals surface area contributed by atoms with Crippen LogP contribution in [0.1, 0.15) is 30.0 Å². The van der Waals surface area contributed by atoms with E-state index < -0.39 is 5.92 Å². The van der Waals surface area contributed by atoms with Crippen LogP contribution in [0, 0.1) is 11.7 Å². The van der Waals surface area contributed by atoms with E-state index >= 15 is 0 Å². The first kappa shape index (κ1) is 17.4. The number of carbonyl (C=O) groups excluding carboxylic acids is 1. The van der Waals surface area contributed by atoms with Crippen molar-refractivity contribution in [3.05, 3.63) is 65.5 Å². The second-order valence-corrected chi connectivity index (χ2v) is 6.10. The molecule has 1 saturated heterocycles. The van der Waals surface area contributed by atoms with E-state index in [0.29, 0.717) is 13.2 Å². The second-order valence-electron chi connectivity index (χ2n) is 6.10. The lowest BCUT2D eigenvalue weighted by Gasteiger charge is -2.23. The van der Waals surface area contributed by atoms with E-state index in [0.717, 1.165) is 16.9 Å². The molecule has 3 rings (SSSR count). The molecule has 4 nitrogen and oxygen atoms in total. The third-order valence-corrected chi connectivity index (χ3v) is 4.66. The lowest BCUT2D eigenvalue weighted by molar-refractivity contribution is -0.148. The van der Waals surface area contributed by atoms with Crippen molar-refractivity contribution in [2.24, 2.45) is 5.92 Å². The molecule has 0 amide bonds. The van der Waals surface area contributed by atoms with Gasteiger partial charge in [0.2, 0.25) is 0 Å². The first-order chi connectivity index (χ1) is 12.1. The van der Waals surface area contributed by atoms with Crippen LogP contribution in [0.15, 0.2) is 48.5 Å².